The van der Waals surface area contributed by atoms with Gasteiger partial charge in [-0.25, -0.2) is 13.1 Å². The summed E-state index contributed by atoms with van der Waals surface area (Å²) in [6, 6.07) is 3.38. The first kappa shape index (κ1) is 14.7. The molecule has 0 radical (unpaired) electrons. The fraction of sp³-hybridized carbons (Fsp3) is 0.455. The Labute approximate surface area is 116 Å². The van der Waals surface area contributed by atoms with Gasteiger partial charge < -0.3 is 5.43 Å². The number of nitrogen functional groups attached to an aromatic ring is 1. The highest BCUT2D eigenvalue weighted by molar-refractivity contribution is 7.89. The Morgan fingerprint density at radius 1 is 1.45 bits per heavy atom. The van der Waals surface area contributed by atoms with Gasteiger partial charge >= 0.3 is 0 Å². The Kier molecular flexibility index (Phi) is 3.93. The standard InChI is InChI=1S/C11H16N4O4S/c1-7(8-2-3-8)14-20(18,19)11-6-9(13-12)4-5-10(11)15(16)17/h4-8,13-14H,2-3,12H2,1H3. The van der Waals surface area contributed by atoms with Crippen LogP contribution in [0.5, 0.6) is 0 Å². The van der Waals surface area contributed by atoms with Gasteiger partial charge in [-0.1, -0.05) is 0 Å². The van der Waals surface area contributed by atoms with Crippen molar-refractivity contribution in [1.29, 1.82) is 0 Å². The van der Waals surface area contributed by atoms with Gasteiger partial charge in [-0.05, 0) is 37.8 Å². The fourth-order valence-electron chi connectivity index (χ4n) is 1.97. The van der Waals surface area contributed by atoms with Gasteiger partial charge in [0.05, 0.1) is 10.6 Å². The summed E-state index contributed by atoms with van der Waals surface area (Å²) >= 11 is 0. The van der Waals surface area contributed by atoms with Crippen molar-refractivity contribution in [2.45, 2.75) is 30.7 Å². The monoisotopic (exact) mass is 300 g/mol. The smallest absolute Gasteiger partial charge is 0.289 e. The number of sulfonamides is 1. The number of nitro groups is 1. The van der Waals surface area contributed by atoms with Gasteiger partial charge in [0.15, 0.2) is 4.90 Å². The van der Waals surface area contributed by atoms with Gasteiger partial charge in [0.1, 0.15) is 0 Å². The van der Waals surface area contributed by atoms with E-state index >= 15 is 0 Å². The second-order valence-corrected chi connectivity index (χ2v) is 6.51. The van der Waals surface area contributed by atoms with Crippen molar-refractivity contribution in [2.24, 2.45) is 11.8 Å². The van der Waals surface area contributed by atoms with Gasteiger partial charge in [-0.2, -0.15) is 0 Å². The highest BCUT2D eigenvalue weighted by Gasteiger charge is 2.33. The number of nitrogens with zero attached hydrogens (tertiary/aromatic N) is 1. The van der Waals surface area contributed by atoms with Gasteiger partial charge in [-0.15, -0.1) is 0 Å². The van der Waals surface area contributed by atoms with E-state index in [-0.39, 0.29) is 16.6 Å². The summed E-state index contributed by atoms with van der Waals surface area (Å²) in [4.78, 5) is 9.85. The predicted molar refractivity (Wildman–Crippen MR) is 73.4 cm³/mol. The van der Waals surface area contributed by atoms with Crippen LogP contribution in [0.3, 0.4) is 0 Å². The van der Waals surface area contributed by atoms with Crippen LogP contribution in [0.4, 0.5) is 11.4 Å². The normalized spacial score (nSPS) is 16.7. The molecule has 4 N–H and O–H groups in total. The van der Waals surface area contributed by atoms with Crippen molar-refractivity contribution >= 4 is 21.4 Å². The summed E-state index contributed by atoms with van der Waals surface area (Å²) < 4.78 is 27.0. The van der Waals surface area contributed by atoms with Crippen LogP contribution in [0.25, 0.3) is 0 Å². The molecule has 1 aromatic rings. The predicted octanol–water partition coefficient (Wildman–Crippen LogP) is 0.957. The highest BCUT2D eigenvalue weighted by atomic mass is 32.2. The number of nitrogens with two attached hydrogens (primary N) is 1. The molecule has 0 heterocycles. The van der Waals surface area contributed by atoms with Crippen LogP contribution in [-0.2, 0) is 10.0 Å². The lowest BCUT2D eigenvalue weighted by Gasteiger charge is -2.14. The first-order valence-electron chi connectivity index (χ1n) is 6.12. The van der Waals surface area contributed by atoms with Crippen molar-refractivity contribution in [3.63, 3.8) is 0 Å². The van der Waals surface area contributed by atoms with Crippen LogP contribution in [-0.4, -0.2) is 19.4 Å². The van der Waals surface area contributed by atoms with Crippen LogP contribution in [0.15, 0.2) is 23.1 Å². The lowest BCUT2D eigenvalue weighted by molar-refractivity contribution is -0.387. The molecular formula is C11H16N4O4S. The molecule has 1 aromatic carbocycles. The molecule has 20 heavy (non-hydrogen) atoms. The first-order chi connectivity index (χ1) is 9.35. The molecular weight excluding hydrogens is 284 g/mol. The largest absolute Gasteiger partial charge is 0.324 e. The lowest BCUT2D eigenvalue weighted by atomic mass is 10.2. The summed E-state index contributed by atoms with van der Waals surface area (Å²) in [5.74, 6) is 5.52. The quantitative estimate of drug-likeness (QED) is 0.408. The van der Waals surface area contributed by atoms with Gasteiger partial charge in [0.2, 0.25) is 10.0 Å². The zero-order chi connectivity index (χ0) is 14.9. The van der Waals surface area contributed by atoms with E-state index in [0.717, 1.165) is 25.0 Å². The van der Waals surface area contributed by atoms with E-state index in [2.05, 4.69) is 10.1 Å². The van der Waals surface area contributed by atoms with Crippen LogP contribution < -0.4 is 16.0 Å². The second kappa shape index (κ2) is 5.35. The molecule has 0 spiro atoms. The summed E-state index contributed by atoms with van der Waals surface area (Å²) in [7, 11) is -3.96. The maximum atomic E-state index is 12.3. The van der Waals surface area contributed by atoms with Crippen molar-refractivity contribution in [2.75, 3.05) is 5.43 Å². The van der Waals surface area contributed by atoms with Gasteiger partial charge in [-0.3, -0.25) is 16.0 Å². The Morgan fingerprint density at radius 2 is 2.10 bits per heavy atom. The molecule has 1 fully saturated rings. The van der Waals surface area contributed by atoms with E-state index in [1.165, 1.54) is 6.07 Å². The Hall–Kier alpha value is -1.71. The van der Waals surface area contributed by atoms with E-state index in [1.54, 1.807) is 6.92 Å². The molecule has 1 unspecified atom stereocenters. The van der Waals surface area contributed by atoms with Crippen molar-refractivity contribution in [3.05, 3.63) is 28.3 Å². The molecule has 1 aliphatic carbocycles. The van der Waals surface area contributed by atoms with Gasteiger partial charge in [0, 0.05) is 12.1 Å². The number of hydrazine groups is 1. The van der Waals surface area contributed by atoms with Crippen LogP contribution in [0, 0.1) is 16.0 Å². The number of nitro benzene ring substituents is 1. The number of anilines is 1. The van der Waals surface area contributed by atoms with Crippen molar-refractivity contribution in [3.8, 4) is 0 Å². The molecule has 9 heteroatoms. The summed E-state index contributed by atoms with van der Waals surface area (Å²) in [6.45, 7) is 1.76. The van der Waals surface area contributed by atoms with Crippen molar-refractivity contribution in [1.82, 2.24) is 4.72 Å². The molecule has 0 amide bonds. The Bertz CT molecular complexity index is 627. The van der Waals surface area contributed by atoms with E-state index in [9.17, 15) is 18.5 Å². The average molecular weight is 300 g/mol. The maximum absolute atomic E-state index is 12.3. The Morgan fingerprint density at radius 3 is 2.60 bits per heavy atom. The van der Waals surface area contributed by atoms with E-state index in [0.29, 0.717) is 5.92 Å². The SMILES string of the molecule is CC(NS(=O)(=O)c1cc(NN)ccc1[N+](=O)[O-])C1CC1. The summed E-state index contributed by atoms with van der Waals surface area (Å²) in [5.41, 5.74) is 2.09. The molecule has 0 bridgehead atoms. The summed E-state index contributed by atoms with van der Waals surface area (Å²) in [6.07, 6.45) is 1.94. The minimum atomic E-state index is -3.96. The minimum Gasteiger partial charge on any atom is -0.324 e. The number of nitrogens with one attached hydrogen (secondary N) is 2. The van der Waals surface area contributed by atoms with Crippen molar-refractivity contribution < 1.29 is 13.3 Å². The number of hydrogen-bond acceptors (Lipinski definition) is 6. The van der Waals surface area contributed by atoms with Crippen LogP contribution in [0.2, 0.25) is 0 Å². The third-order valence-corrected chi connectivity index (χ3v) is 4.87. The number of hydrogen-bond donors (Lipinski definition) is 3. The topological polar surface area (TPSA) is 127 Å². The molecule has 0 aliphatic heterocycles. The first-order valence-corrected chi connectivity index (χ1v) is 7.61. The molecule has 0 saturated heterocycles. The van der Waals surface area contributed by atoms with E-state index in [1.807, 2.05) is 0 Å². The zero-order valence-corrected chi connectivity index (χ0v) is 11.7. The fourth-order valence-corrected chi connectivity index (χ4v) is 3.48. The average Bonchev–Trinajstić information content (AvgIpc) is 3.21. The molecule has 110 valence electrons. The summed E-state index contributed by atoms with van der Waals surface area (Å²) in [5, 5.41) is 11.0. The maximum Gasteiger partial charge on any atom is 0.289 e. The number of rotatable bonds is 6. The molecule has 1 aliphatic rings. The second-order valence-electron chi connectivity index (χ2n) is 4.83. The minimum absolute atomic E-state index is 0.242. The van der Waals surface area contributed by atoms with E-state index < -0.39 is 20.6 Å². The lowest BCUT2D eigenvalue weighted by Crippen LogP contribution is -2.34. The number of benzene rings is 1. The molecule has 8 nitrogen and oxygen atoms in total. The molecule has 0 aromatic heterocycles. The highest BCUT2D eigenvalue weighted by Crippen LogP contribution is 2.34. The van der Waals surface area contributed by atoms with E-state index in [4.69, 9.17) is 5.84 Å². The third kappa shape index (κ3) is 3.06. The molecule has 2 rings (SSSR count). The molecule has 1 saturated carbocycles. The van der Waals surface area contributed by atoms with Crippen LogP contribution in [0.1, 0.15) is 19.8 Å². The van der Waals surface area contributed by atoms with Gasteiger partial charge in [0.25, 0.3) is 5.69 Å². The third-order valence-electron chi connectivity index (χ3n) is 3.28. The molecule has 1 atom stereocenters. The zero-order valence-electron chi connectivity index (χ0n) is 10.9. The Balaban J connectivity index is 2.39. The van der Waals surface area contributed by atoms with Crippen LogP contribution >= 0.6 is 0 Å².